The van der Waals surface area contributed by atoms with E-state index in [4.69, 9.17) is 22.1 Å². The molecule has 1 aliphatic carbocycles. The molecule has 6 heteroatoms. The van der Waals surface area contributed by atoms with Gasteiger partial charge in [-0.05, 0) is 36.6 Å². The van der Waals surface area contributed by atoms with E-state index < -0.39 is 0 Å². The van der Waals surface area contributed by atoms with Crippen LogP contribution in [0.15, 0.2) is 48.5 Å². The van der Waals surface area contributed by atoms with Crippen LogP contribution in [0.4, 0.5) is 0 Å². The zero-order chi connectivity index (χ0) is 18.1. The standard InChI is InChI=1S/C20H21ClN4O/c1-25-18(16-8-7-15(13-17(16)21)26-12-11-22)23-24-19(25)20(9-10-20)14-5-3-2-4-6-14/h2-8,13H,9-12,22H2,1H3. The first-order valence-corrected chi connectivity index (χ1v) is 9.12. The molecule has 0 bridgehead atoms. The van der Waals surface area contributed by atoms with E-state index in [9.17, 15) is 0 Å². The van der Waals surface area contributed by atoms with Crippen molar-refractivity contribution < 1.29 is 4.74 Å². The predicted molar refractivity (Wildman–Crippen MR) is 102 cm³/mol. The fourth-order valence-corrected chi connectivity index (χ4v) is 3.70. The molecule has 5 nitrogen and oxygen atoms in total. The average molecular weight is 369 g/mol. The molecule has 0 amide bonds. The van der Waals surface area contributed by atoms with Gasteiger partial charge < -0.3 is 15.0 Å². The Balaban J connectivity index is 1.69. The van der Waals surface area contributed by atoms with Gasteiger partial charge in [-0.15, -0.1) is 10.2 Å². The maximum atomic E-state index is 6.48. The minimum absolute atomic E-state index is 0.0298. The second-order valence-corrected chi connectivity index (χ2v) is 7.04. The van der Waals surface area contributed by atoms with Crippen molar-refractivity contribution in [3.8, 4) is 17.1 Å². The Labute approximate surface area is 157 Å². The molecule has 2 aromatic carbocycles. The summed E-state index contributed by atoms with van der Waals surface area (Å²) in [7, 11) is 2.00. The van der Waals surface area contributed by atoms with E-state index in [0.717, 1.165) is 30.1 Å². The van der Waals surface area contributed by atoms with Gasteiger partial charge in [0.2, 0.25) is 0 Å². The topological polar surface area (TPSA) is 66.0 Å². The number of ether oxygens (including phenoxy) is 1. The molecule has 1 aliphatic rings. The van der Waals surface area contributed by atoms with Crippen LogP contribution >= 0.6 is 11.6 Å². The fourth-order valence-electron chi connectivity index (χ4n) is 3.45. The Hall–Kier alpha value is -2.37. The molecule has 0 spiro atoms. The van der Waals surface area contributed by atoms with E-state index in [0.29, 0.717) is 23.9 Å². The first-order chi connectivity index (χ1) is 12.7. The van der Waals surface area contributed by atoms with E-state index in [1.54, 1.807) is 6.07 Å². The second-order valence-electron chi connectivity index (χ2n) is 6.63. The van der Waals surface area contributed by atoms with Gasteiger partial charge in [-0.2, -0.15) is 0 Å². The number of hydrogen-bond donors (Lipinski definition) is 1. The molecule has 134 valence electrons. The molecule has 0 saturated heterocycles. The first kappa shape index (κ1) is 17.1. The summed E-state index contributed by atoms with van der Waals surface area (Å²) >= 11 is 6.48. The summed E-state index contributed by atoms with van der Waals surface area (Å²) in [4.78, 5) is 0. The smallest absolute Gasteiger partial charge is 0.165 e. The fraction of sp³-hybridized carbons (Fsp3) is 0.300. The van der Waals surface area contributed by atoms with Crippen LogP contribution in [0, 0.1) is 0 Å². The van der Waals surface area contributed by atoms with Crippen molar-refractivity contribution in [3.05, 3.63) is 64.9 Å². The van der Waals surface area contributed by atoms with Gasteiger partial charge in [0.05, 0.1) is 10.4 Å². The van der Waals surface area contributed by atoms with Crippen LogP contribution in [0.5, 0.6) is 5.75 Å². The highest BCUT2D eigenvalue weighted by molar-refractivity contribution is 6.33. The quantitative estimate of drug-likeness (QED) is 0.722. The molecular formula is C20H21ClN4O. The van der Waals surface area contributed by atoms with Crippen LogP contribution in [-0.4, -0.2) is 27.9 Å². The highest BCUT2D eigenvalue weighted by Crippen LogP contribution is 2.53. The Morgan fingerprint density at radius 1 is 1.15 bits per heavy atom. The molecule has 4 rings (SSSR count). The predicted octanol–water partition coefficient (Wildman–Crippen LogP) is 3.55. The Kier molecular flexibility index (Phi) is 4.42. The van der Waals surface area contributed by atoms with Crippen molar-refractivity contribution in [2.75, 3.05) is 13.2 Å². The number of nitrogens with two attached hydrogens (primary N) is 1. The van der Waals surface area contributed by atoms with Crippen LogP contribution < -0.4 is 10.5 Å². The molecule has 2 N–H and O–H groups in total. The molecule has 0 radical (unpaired) electrons. The van der Waals surface area contributed by atoms with Gasteiger partial charge in [0.25, 0.3) is 0 Å². The average Bonchev–Trinajstić information content (AvgIpc) is 3.38. The maximum Gasteiger partial charge on any atom is 0.165 e. The maximum absolute atomic E-state index is 6.48. The van der Waals surface area contributed by atoms with Crippen molar-refractivity contribution in [2.45, 2.75) is 18.3 Å². The lowest BCUT2D eigenvalue weighted by Gasteiger charge is -2.15. The summed E-state index contributed by atoms with van der Waals surface area (Å²) < 4.78 is 7.59. The van der Waals surface area contributed by atoms with Gasteiger partial charge in [0, 0.05) is 19.2 Å². The monoisotopic (exact) mass is 368 g/mol. The van der Waals surface area contributed by atoms with E-state index >= 15 is 0 Å². The molecule has 26 heavy (non-hydrogen) atoms. The summed E-state index contributed by atoms with van der Waals surface area (Å²) in [6, 6.07) is 16.1. The van der Waals surface area contributed by atoms with Crippen molar-refractivity contribution in [1.29, 1.82) is 0 Å². The molecule has 3 aromatic rings. The molecule has 0 atom stereocenters. The van der Waals surface area contributed by atoms with E-state index in [-0.39, 0.29) is 5.41 Å². The van der Waals surface area contributed by atoms with Gasteiger partial charge in [0.15, 0.2) is 5.82 Å². The Morgan fingerprint density at radius 3 is 2.58 bits per heavy atom. The minimum Gasteiger partial charge on any atom is -0.492 e. The lowest BCUT2D eigenvalue weighted by atomic mass is 9.95. The molecule has 1 fully saturated rings. The Bertz CT molecular complexity index is 919. The van der Waals surface area contributed by atoms with E-state index in [2.05, 4.69) is 39.0 Å². The summed E-state index contributed by atoms with van der Waals surface area (Å²) in [5, 5.41) is 9.55. The lowest BCUT2D eigenvalue weighted by molar-refractivity contribution is 0.328. The summed E-state index contributed by atoms with van der Waals surface area (Å²) in [6.07, 6.45) is 2.17. The van der Waals surface area contributed by atoms with Crippen LogP contribution in [-0.2, 0) is 12.5 Å². The zero-order valence-electron chi connectivity index (χ0n) is 14.7. The third kappa shape index (κ3) is 2.87. The molecule has 0 aliphatic heterocycles. The summed E-state index contributed by atoms with van der Waals surface area (Å²) in [5.41, 5.74) is 7.58. The van der Waals surface area contributed by atoms with Crippen molar-refractivity contribution >= 4 is 11.6 Å². The summed E-state index contributed by atoms with van der Waals surface area (Å²) in [5.74, 6) is 2.45. The third-order valence-electron chi connectivity index (χ3n) is 4.95. The van der Waals surface area contributed by atoms with Gasteiger partial charge in [-0.3, -0.25) is 0 Å². The summed E-state index contributed by atoms with van der Waals surface area (Å²) in [6.45, 7) is 0.928. The van der Waals surface area contributed by atoms with Crippen LogP contribution in [0.2, 0.25) is 5.02 Å². The van der Waals surface area contributed by atoms with Gasteiger partial charge >= 0.3 is 0 Å². The van der Waals surface area contributed by atoms with Crippen molar-refractivity contribution in [1.82, 2.24) is 14.8 Å². The number of hydrogen-bond acceptors (Lipinski definition) is 4. The molecule has 1 aromatic heterocycles. The van der Waals surface area contributed by atoms with Gasteiger partial charge in [0.1, 0.15) is 18.2 Å². The molecule has 1 heterocycles. The zero-order valence-corrected chi connectivity index (χ0v) is 15.4. The van der Waals surface area contributed by atoms with E-state index in [1.165, 1.54) is 5.56 Å². The SMILES string of the molecule is Cn1c(-c2ccc(OCCN)cc2Cl)nnc1C1(c2ccccc2)CC1. The van der Waals surface area contributed by atoms with Crippen molar-refractivity contribution in [3.63, 3.8) is 0 Å². The highest BCUT2D eigenvalue weighted by Gasteiger charge is 2.49. The number of aromatic nitrogens is 3. The third-order valence-corrected chi connectivity index (χ3v) is 5.26. The second kappa shape index (κ2) is 6.74. The lowest BCUT2D eigenvalue weighted by Crippen LogP contribution is -2.15. The molecular weight excluding hydrogens is 348 g/mol. The number of benzene rings is 2. The van der Waals surface area contributed by atoms with Crippen LogP contribution in [0.3, 0.4) is 0 Å². The van der Waals surface area contributed by atoms with Crippen LogP contribution in [0.25, 0.3) is 11.4 Å². The normalized spacial score (nSPS) is 15.0. The van der Waals surface area contributed by atoms with E-state index in [1.807, 2.05) is 25.2 Å². The van der Waals surface area contributed by atoms with Crippen molar-refractivity contribution in [2.24, 2.45) is 12.8 Å². The number of nitrogens with zero attached hydrogens (tertiary/aromatic N) is 3. The molecule has 1 saturated carbocycles. The molecule has 0 unspecified atom stereocenters. The van der Waals surface area contributed by atoms with Crippen LogP contribution in [0.1, 0.15) is 24.2 Å². The highest BCUT2D eigenvalue weighted by atomic mass is 35.5. The largest absolute Gasteiger partial charge is 0.492 e. The van der Waals surface area contributed by atoms with Gasteiger partial charge in [-0.25, -0.2) is 0 Å². The number of halogens is 1. The first-order valence-electron chi connectivity index (χ1n) is 8.74. The number of rotatable bonds is 6. The Morgan fingerprint density at radius 2 is 1.92 bits per heavy atom. The van der Waals surface area contributed by atoms with Gasteiger partial charge in [-0.1, -0.05) is 41.9 Å². The minimum atomic E-state index is -0.0298.